The summed E-state index contributed by atoms with van der Waals surface area (Å²) in [5, 5.41) is 12.1. The summed E-state index contributed by atoms with van der Waals surface area (Å²) in [5.41, 5.74) is 1.64. The highest BCUT2D eigenvalue weighted by molar-refractivity contribution is 9.10. The van der Waals surface area contributed by atoms with Crippen molar-refractivity contribution in [1.29, 1.82) is 0 Å². The number of methoxy groups -OCH3 is 1. The maximum atomic E-state index is 12.3. The van der Waals surface area contributed by atoms with Crippen molar-refractivity contribution in [2.24, 2.45) is 0 Å². The van der Waals surface area contributed by atoms with Gasteiger partial charge in [0.15, 0.2) is 11.0 Å². The second-order valence-electron chi connectivity index (χ2n) is 5.78. The van der Waals surface area contributed by atoms with Crippen LogP contribution >= 0.6 is 27.7 Å². The SMILES string of the molecule is C=CCn1c(SCC(=O)Nc2ccc(Br)cc2)nnc1-c1cccc(OC)c1. The van der Waals surface area contributed by atoms with Crippen LogP contribution in [-0.2, 0) is 11.3 Å². The molecule has 3 rings (SSSR count). The monoisotopic (exact) mass is 458 g/mol. The molecular weight excluding hydrogens is 440 g/mol. The maximum Gasteiger partial charge on any atom is 0.234 e. The molecule has 0 aliphatic heterocycles. The number of thioether (sulfide) groups is 1. The van der Waals surface area contributed by atoms with Crippen LogP contribution in [-0.4, -0.2) is 33.5 Å². The summed E-state index contributed by atoms with van der Waals surface area (Å²) in [6.45, 7) is 4.35. The van der Waals surface area contributed by atoms with Crippen molar-refractivity contribution in [2.75, 3.05) is 18.2 Å². The van der Waals surface area contributed by atoms with Gasteiger partial charge in [-0.2, -0.15) is 0 Å². The van der Waals surface area contributed by atoms with Crippen LogP contribution < -0.4 is 10.1 Å². The van der Waals surface area contributed by atoms with Crippen molar-refractivity contribution in [3.8, 4) is 17.1 Å². The molecule has 1 amide bonds. The van der Waals surface area contributed by atoms with Crippen molar-refractivity contribution in [3.05, 3.63) is 65.7 Å². The number of hydrogen-bond donors (Lipinski definition) is 1. The van der Waals surface area contributed by atoms with Crippen molar-refractivity contribution in [1.82, 2.24) is 14.8 Å². The van der Waals surface area contributed by atoms with Crippen LogP contribution in [0.3, 0.4) is 0 Å². The van der Waals surface area contributed by atoms with E-state index in [0.29, 0.717) is 17.5 Å². The Kier molecular flexibility index (Phi) is 6.89. The number of anilines is 1. The van der Waals surface area contributed by atoms with Crippen LogP contribution in [0.15, 0.2) is 70.8 Å². The lowest BCUT2D eigenvalue weighted by Gasteiger charge is -2.09. The molecule has 1 N–H and O–H groups in total. The van der Waals surface area contributed by atoms with Crippen molar-refractivity contribution in [3.63, 3.8) is 0 Å². The van der Waals surface area contributed by atoms with Crippen molar-refractivity contribution >= 4 is 39.3 Å². The van der Waals surface area contributed by atoms with E-state index in [-0.39, 0.29) is 11.7 Å². The Morgan fingerprint density at radius 1 is 1.29 bits per heavy atom. The van der Waals surface area contributed by atoms with Crippen molar-refractivity contribution < 1.29 is 9.53 Å². The van der Waals surface area contributed by atoms with Crippen LogP contribution in [0.25, 0.3) is 11.4 Å². The van der Waals surface area contributed by atoms with E-state index >= 15 is 0 Å². The number of amides is 1. The molecule has 0 atom stereocenters. The lowest BCUT2D eigenvalue weighted by Crippen LogP contribution is -2.14. The molecule has 2 aromatic carbocycles. The Morgan fingerprint density at radius 3 is 2.79 bits per heavy atom. The molecule has 0 saturated carbocycles. The lowest BCUT2D eigenvalue weighted by molar-refractivity contribution is -0.113. The Bertz CT molecular complexity index is 973. The smallest absolute Gasteiger partial charge is 0.234 e. The van der Waals surface area contributed by atoms with E-state index in [1.807, 2.05) is 53.1 Å². The van der Waals surface area contributed by atoms with Crippen molar-refractivity contribution in [2.45, 2.75) is 11.7 Å². The van der Waals surface area contributed by atoms with Gasteiger partial charge in [-0.1, -0.05) is 45.9 Å². The first-order valence-corrected chi connectivity index (χ1v) is 10.3. The molecule has 28 heavy (non-hydrogen) atoms. The van der Waals surface area contributed by atoms with Crippen LogP contribution in [0.5, 0.6) is 5.75 Å². The number of rotatable bonds is 8. The van der Waals surface area contributed by atoms with E-state index in [1.165, 1.54) is 11.8 Å². The highest BCUT2D eigenvalue weighted by Gasteiger charge is 2.15. The van der Waals surface area contributed by atoms with E-state index in [0.717, 1.165) is 21.5 Å². The number of nitrogens with one attached hydrogen (secondary N) is 1. The number of allylic oxidation sites excluding steroid dienone is 1. The standard InChI is InChI=1S/C20H19BrN4O2S/c1-3-11-25-19(14-5-4-6-17(12-14)27-2)23-24-20(25)28-13-18(26)22-16-9-7-15(21)8-10-16/h3-10,12H,1,11,13H2,2H3,(H,22,26). The van der Waals surface area contributed by atoms with Gasteiger partial charge in [0.25, 0.3) is 0 Å². The molecule has 3 aromatic rings. The van der Waals surface area contributed by atoms with Gasteiger partial charge in [-0.25, -0.2) is 0 Å². The molecule has 8 heteroatoms. The average molecular weight is 459 g/mol. The minimum atomic E-state index is -0.108. The molecule has 0 spiro atoms. The van der Waals surface area contributed by atoms with Gasteiger partial charge in [0.2, 0.25) is 5.91 Å². The topological polar surface area (TPSA) is 69.0 Å². The Labute approximate surface area is 176 Å². The van der Waals surface area contributed by atoms with Crippen LogP contribution in [0.4, 0.5) is 5.69 Å². The molecule has 1 aromatic heterocycles. The first-order valence-electron chi connectivity index (χ1n) is 8.47. The first kappa shape index (κ1) is 20.2. The molecule has 6 nitrogen and oxygen atoms in total. The van der Waals surface area contributed by atoms with E-state index in [4.69, 9.17) is 4.74 Å². The fourth-order valence-corrected chi connectivity index (χ4v) is 3.54. The number of ether oxygens (including phenoxy) is 1. The normalized spacial score (nSPS) is 10.5. The molecule has 0 fully saturated rings. The Morgan fingerprint density at radius 2 is 2.07 bits per heavy atom. The summed E-state index contributed by atoms with van der Waals surface area (Å²) in [6.07, 6.45) is 1.78. The zero-order valence-corrected chi connectivity index (χ0v) is 17.7. The number of benzene rings is 2. The number of halogens is 1. The molecule has 0 radical (unpaired) electrons. The Hall–Kier alpha value is -2.58. The first-order chi connectivity index (χ1) is 13.6. The highest BCUT2D eigenvalue weighted by atomic mass is 79.9. The van der Waals surface area contributed by atoms with Gasteiger partial charge in [0, 0.05) is 22.3 Å². The number of carbonyl (C=O) groups excluding carboxylic acids is 1. The second-order valence-corrected chi connectivity index (χ2v) is 7.64. The molecule has 0 bridgehead atoms. The quantitative estimate of drug-likeness (QED) is 0.393. The highest BCUT2D eigenvalue weighted by Crippen LogP contribution is 2.26. The number of carbonyl (C=O) groups is 1. The second kappa shape index (κ2) is 9.57. The van der Waals surface area contributed by atoms with Crippen LogP contribution in [0.1, 0.15) is 0 Å². The fraction of sp³-hybridized carbons (Fsp3) is 0.150. The Balaban J connectivity index is 1.73. The summed E-state index contributed by atoms with van der Waals surface area (Å²) in [4.78, 5) is 12.3. The lowest BCUT2D eigenvalue weighted by atomic mass is 10.2. The summed E-state index contributed by atoms with van der Waals surface area (Å²) in [7, 11) is 1.62. The predicted octanol–water partition coefficient (Wildman–Crippen LogP) is 4.63. The molecule has 0 aliphatic carbocycles. The minimum Gasteiger partial charge on any atom is -0.497 e. The van der Waals surface area contributed by atoms with Gasteiger partial charge in [-0.3, -0.25) is 9.36 Å². The van der Waals surface area contributed by atoms with E-state index in [2.05, 4.69) is 38.0 Å². The third-order valence-electron chi connectivity index (χ3n) is 3.82. The summed E-state index contributed by atoms with van der Waals surface area (Å²) >= 11 is 4.71. The molecule has 0 saturated heterocycles. The predicted molar refractivity (Wildman–Crippen MR) is 116 cm³/mol. The number of aromatic nitrogens is 3. The summed E-state index contributed by atoms with van der Waals surface area (Å²) < 4.78 is 8.18. The number of nitrogens with zero attached hydrogens (tertiary/aromatic N) is 3. The van der Waals surface area contributed by atoms with Gasteiger partial charge in [0.05, 0.1) is 12.9 Å². The fourth-order valence-electron chi connectivity index (χ4n) is 2.53. The largest absolute Gasteiger partial charge is 0.497 e. The van der Waals surface area contributed by atoms with Gasteiger partial charge in [-0.15, -0.1) is 16.8 Å². The maximum absolute atomic E-state index is 12.3. The van der Waals surface area contributed by atoms with Gasteiger partial charge in [-0.05, 0) is 36.4 Å². The summed E-state index contributed by atoms with van der Waals surface area (Å²) in [5.74, 6) is 1.57. The van der Waals surface area contributed by atoms with Gasteiger partial charge < -0.3 is 10.1 Å². The molecular formula is C20H19BrN4O2S. The van der Waals surface area contributed by atoms with Gasteiger partial charge in [0.1, 0.15) is 5.75 Å². The number of hydrogen-bond acceptors (Lipinski definition) is 5. The molecule has 0 unspecified atom stereocenters. The van der Waals surface area contributed by atoms with Gasteiger partial charge >= 0.3 is 0 Å². The average Bonchev–Trinajstić information content (AvgIpc) is 3.11. The third-order valence-corrected chi connectivity index (χ3v) is 5.31. The summed E-state index contributed by atoms with van der Waals surface area (Å²) in [6, 6.07) is 15.1. The van der Waals surface area contributed by atoms with E-state index < -0.39 is 0 Å². The van der Waals surface area contributed by atoms with E-state index in [9.17, 15) is 4.79 Å². The molecule has 0 aliphatic rings. The molecule has 144 valence electrons. The van der Waals surface area contributed by atoms with Crippen LogP contribution in [0.2, 0.25) is 0 Å². The van der Waals surface area contributed by atoms with E-state index in [1.54, 1.807) is 13.2 Å². The van der Waals surface area contributed by atoms with Crippen LogP contribution in [0, 0.1) is 0 Å². The molecule has 1 heterocycles. The zero-order valence-electron chi connectivity index (χ0n) is 15.3. The minimum absolute atomic E-state index is 0.108. The zero-order chi connectivity index (χ0) is 19.9. The third kappa shape index (κ3) is 5.02.